The van der Waals surface area contributed by atoms with Crippen LogP contribution >= 0.6 is 15.9 Å². The molecule has 0 bridgehead atoms. The summed E-state index contributed by atoms with van der Waals surface area (Å²) in [5.41, 5.74) is 0.614. The van der Waals surface area contributed by atoms with Gasteiger partial charge in [-0.3, -0.25) is 14.9 Å². The van der Waals surface area contributed by atoms with E-state index in [0.717, 1.165) is 4.90 Å². The van der Waals surface area contributed by atoms with Crippen molar-refractivity contribution >= 4 is 45.5 Å². The van der Waals surface area contributed by atoms with Crippen LogP contribution in [0.3, 0.4) is 0 Å². The van der Waals surface area contributed by atoms with Crippen LogP contribution in [-0.4, -0.2) is 32.1 Å². The van der Waals surface area contributed by atoms with Crippen molar-refractivity contribution in [2.45, 2.75) is 0 Å². The van der Waals surface area contributed by atoms with Gasteiger partial charge in [-0.2, -0.15) is 0 Å². The van der Waals surface area contributed by atoms with Gasteiger partial charge in [0.05, 0.1) is 19.9 Å². The molecule has 2 aromatic rings. The van der Waals surface area contributed by atoms with Crippen LogP contribution in [0.4, 0.5) is 10.5 Å². The number of methoxy groups -OCH3 is 2. The van der Waals surface area contributed by atoms with Crippen molar-refractivity contribution < 1.29 is 23.9 Å². The number of urea groups is 1. The Balaban J connectivity index is 2.07. The van der Waals surface area contributed by atoms with E-state index < -0.39 is 17.8 Å². The monoisotopic (exact) mass is 430 g/mol. The second-order valence-electron chi connectivity index (χ2n) is 5.55. The molecule has 0 unspecified atom stereocenters. The van der Waals surface area contributed by atoms with Crippen LogP contribution in [0.5, 0.6) is 11.5 Å². The highest BCUT2D eigenvalue weighted by Crippen LogP contribution is 2.29. The van der Waals surface area contributed by atoms with E-state index in [2.05, 4.69) is 21.2 Å². The molecule has 0 aromatic heterocycles. The number of anilines is 1. The van der Waals surface area contributed by atoms with Gasteiger partial charge in [-0.05, 0) is 42.5 Å². The van der Waals surface area contributed by atoms with E-state index in [1.54, 1.807) is 42.5 Å². The zero-order chi connectivity index (χ0) is 19.6. The van der Waals surface area contributed by atoms with Crippen LogP contribution < -0.4 is 19.7 Å². The van der Waals surface area contributed by atoms with Gasteiger partial charge in [0.25, 0.3) is 11.8 Å². The number of nitrogens with one attached hydrogen (secondary N) is 1. The standard InChI is InChI=1S/C19H15BrN2O5/c1-26-14-6-7-16(27-2)11(8-14)9-15-17(23)21-19(25)22(18(15)24)13-5-3-4-12(20)10-13/h3-10H,1-2H3,(H,21,23,25)/b15-9+. The molecule has 1 fully saturated rings. The number of benzene rings is 2. The minimum absolute atomic E-state index is 0.193. The van der Waals surface area contributed by atoms with E-state index in [1.165, 1.54) is 20.3 Å². The van der Waals surface area contributed by atoms with Gasteiger partial charge in [-0.15, -0.1) is 0 Å². The van der Waals surface area contributed by atoms with E-state index >= 15 is 0 Å². The summed E-state index contributed by atoms with van der Waals surface area (Å²) in [7, 11) is 2.98. The molecule has 8 heteroatoms. The fourth-order valence-electron chi connectivity index (χ4n) is 2.61. The van der Waals surface area contributed by atoms with Crippen LogP contribution in [0.15, 0.2) is 52.5 Å². The molecule has 2 aromatic carbocycles. The quantitative estimate of drug-likeness (QED) is 0.594. The molecule has 1 aliphatic rings. The van der Waals surface area contributed by atoms with Gasteiger partial charge in [-0.1, -0.05) is 22.0 Å². The van der Waals surface area contributed by atoms with Crippen LogP contribution in [0.1, 0.15) is 5.56 Å². The highest BCUT2D eigenvalue weighted by Gasteiger charge is 2.37. The third-order valence-corrected chi connectivity index (χ3v) is 4.40. The lowest BCUT2D eigenvalue weighted by Gasteiger charge is -2.26. The molecule has 4 amide bonds. The fourth-order valence-corrected chi connectivity index (χ4v) is 3.00. The Kier molecular flexibility index (Phi) is 5.27. The maximum absolute atomic E-state index is 12.9. The Hall–Kier alpha value is -3.13. The molecule has 138 valence electrons. The predicted molar refractivity (Wildman–Crippen MR) is 103 cm³/mol. The average Bonchev–Trinajstić information content (AvgIpc) is 2.64. The molecule has 1 aliphatic heterocycles. The molecule has 27 heavy (non-hydrogen) atoms. The third-order valence-electron chi connectivity index (χ3n) is 3.90. The second-order valence-corrected chi connectivity index (χ2v) is 6.46. The molecular formula is C19H15BrN2O5. The zero-order valence-corrected chi connectivity index (χ0v) is 16.1. The third kappa shape index (κ3) is 3.70. The largest absolute Gasteiger partial charge is 0.497 e. The first-order valence-corrected chi connectivity index (χ1v) is 8.63. The zero-order valence-electron chi connectivity index (χ0n) is 14.5. The highest BCUT2D eigenvalue weighted by atomic mass is 79.9. The highest BCUT2D eigenvalue weighted by molar-refractivity contribution is 9.10. The summed E-state index contributed by atoms with van der Waals surface area (Å²) < 4.78 is 11.1. The summed E-state index contributed by atoms with van der Waals surface area (Å²) in [6, 6.07) is 10.8. The molecule has 1 N–H and O–H groups in total. The van der Waals surface area contributed by atoms with Crippen molar-refractivity contribution in [3.8, 4) is 11.5 Å². The molecule has 1 saturated heterocycles. The van der Waals surface area contributed by atoms with Crippen LogP contribution in [0.2, 0.25) is 0 Å². The number of carbonyl (C=O) groups excluding carboxylic acids is 3. The van der Waals surface area contributed by atoms with Crippen molar-refractivity contribution in [3.05, 3.63) is 58.1 Å². The topological polar surface area (TPSA) is 84.9 Å². The Morgan fingerprint density at radius 3 is 2.48 bits per heavy atom. The molecule has 0 saturated carbocycles. The van der Waals surface area contributed by atoms with Crippen molar-refractivity contribution in [2.24, 2.45) is 0 Å². The van der Waals surface area contributed by atoms with E-state index in [1.807, 2.05) is 0 Å². The number of rotatable bonds is 4. The Labute approximate surface area is 163 Å². The van der Waals surface area contributed by atoms with E-state index in [9.17, 15) is 14.4 Å². The Bertz CT molecular complexity index is 970. The molecule has 0 atom stereocenters. The second kappa shape index (κ2) is 7.63. The number of amides is 4. The number of nitrogens with zero attached hydrogens (tertiary/aromatic N) is 1. The lowest BCUT2D eigenvalue weighted by atomic mass is 10.1. The van der Waals surface area contributed by atoms with Crippen molar-refractivity contribution in [3.63, 3.8) is 0 Å². The molecule has 0 spiro atoms. The first kappa shape index (κ1) is 18.7. The molecule has 7 nitrogen and oxygen atoms in total. The fraction of sp³-hybridized carbons (Fsp3) is 0.105. The summed E-state index contributed by atoms with van der Waals surface area (Å²) in [6.07, 6.45) is 1.37. The number of hydrogen-bond acceptors (Lipinski definition) is 5. The molecule has 0 aliphatic carbocycles. The first-order chi connectivity index (χ1) is 12.9. The van der Waals surface area contributed by atoms with Crippen LogP contribution in [-0.2, 0) is 9.59 Å². The summed E-state index contributed by atoms with van der Waals surface area (Å²) in [5, 5.41) is 2.19. The lowest BCUT2D eigenvalue weighted by molar-refractivity contribution is -0.122. The normalized spacial score (nSPS) is 15.7. The number of ether oxygens (including phenoxy) is 2. The minimum atomic E-state index is -0.808. The average molecular weight is 431 g/mol. The van der Waals surface area contributed by atoms with Gasteiger partial charge >= 0.3 is 6.03 Å². The number of barbiturate groups is 1. The Morgan fingerprint density at radius 1 is 1.04 bits per heavy atom. The number of carbonyl (C=O) groups is 3. The van der Waals surface area contributed by atoms with E-state index in [-0.39, 0.29) is 5.57 Å². The predicted octanol–water partition coefficient (Wildman–Crippen LogP) is 3.13. The maximum Gasteiger partial charge on any atom is 0.335 e. The summed E-state index contributed by atoms with van der Waals surface area (Å²) >= 11 is 3.30. The van der Waals surface area contributed by atoms with Crippen molar-refractivity contribution in [2.75, 3.05) is 19.1 Å². The lowest BCUT2D eigenvalue weighted by Crippen LogP contribution is -2.54. The minimum Gasteiger partial charge on any atom is -0.497 e. The number of hydrogen-bond donors (Lipinski definition) is 1. The van der Waals surface area contributed by atoms with Gasteiger partial charge < -0.3 is 9.47 Å². The van der Waals surface area contributed by atoms with Gasteiger partial charge in [0.2, 0.25) is 0 Å². The van der Waals surface area contributed by atoms with Crippen molar-refractivity contribution in [1.82, 2.24) is 5.32 Å². The maximum atomic E-state index is 12.9. The van der Waals surface area contributed by atoms with Crippen LogP contribution in [0, 0.1) is 0 Å². The van der Waals surface area contributed by atoms with Crippen LogP contribution in [0.25, 0.3) is 6.08 Å². The number of imide groups is 2. The summed E-state index contributed by atoms with van der Waals surface area (Å²) in [5.74, 6) is -0.520. The smallest absolute Gasteiger partial charge is 0.335 e. The van der Waals surface area contributed by atoms with Gasteiger partial charge in [0.15, 0.2) is 0 Å². The SMILES string of the molecule is COc1ccc(OC)c(/C=C2\C(=O)NC(=O)N(c3cccc(Br)c3)C2=O)c1. The van der Waals surface area contributed by atoms with Gasteiger partial charge in [0.1, 0.15) is 17.1 Å². The first-order valence-electron chi connectivity index (χ1n) is 7.83. The van der Waals surface area contributed by atoms with Gasteiger partial charge in [0, 0.05) is 10.0 Å². The van der Waals surface area contributed by atoms with E-state index in [4.69, 9.17) is 9.47 Å². The summed E-state index contributed by atoms with van der Waals surface area (Å²) in [6.45, 7) is 0. The van der Waals surface area contributed by atoms with Gasteiger partial charge in [-0.25, -0.2) is 9.69 Å². The van der Waals surface area contributed by atoms with Crippen molar-refractivity contribution in [1.29, 1.82) is 0 Å². The Morgan fingerprint density at radius 2 is 1.81 bits per heavy atom. The molecule has 3 rings (SSSR count). The number of halogens is 1. The molecular weight excluding hydrogens is 416 g/mol. The van der Waals surface area contributed by atoms with E-state index in [0.29, 0.717) is 27.2 Å². The molecule has 0 radical (unpaired) electrons. The summed E-state index contributed by atoms with van der Waals surface area (Å²) in [4.78, 5) is 38.3. The molecule has 1 heterocycles.